The molecule has 0 unspecified atom stereocenters. The van der Waals surface area contributed by atoms with Gasteiger partial charge in [0.15, 0.2) is 0 Å². The molecule has 0 radical (unpaired) electrons. The lowest BCUT2D eigenvalue weighted by atomic mass is 10.0. The van der Waals surface area contributed by atoms with Crippen molar-refractivity contribution in [2.45, 2.75) is 32.6 Å². The zero-order valence-corrected chi connectivity index (χ0v) is 12.0. The highest BCUT2D eigenvalue weighted by Crippen LogP contribution is 2.21. The summed E-state index contributed by atoms with van der Waals surface area (Å²) in [6.07, 6.45) is 11.5. The lowest BCUT2D eigenvalue weighted by Gasteiger charge is -2.28. The van der Waals surface area contributed by atoms with Crippen molar-refractivity contribution in [2.24, 2.45) is 0 Å². The Labute approximate surface area is 120 Å². The fourth-order valence-corrected chi connectivity index (χ4v) is 2.37. The average molecular weight is 278 g/mol. The molecular formula is C15H22N2O3. The van der Waals surface area contributed by atoms with E-state index in [1.165, 1.54) is 4.90 Å². The fraction of sp³-hybridized carbons (Fsp3) is 0.600. The second kappa shape index (κ2) is 8.39. The Morgan fingerprint density at radius 2 is 2.15 bits per heavy atom. The summed E-state index contributed by atoms with van der Waals surface area (Å²) in [6.45, 7) is 2.51. The summed E-state index contributed by atoms with van der Waals surface area (Å²) in [4.78, 5) is 26.3. The van der Waals surface area contributed by atoms with Gasteiger partial charge in [-0.15, -0.1) is 6.42 Å². The topological polar surface area (TPSA) is 60.9 Å². The van der Waals surface area contributed by atoms with Gasteiger partial charge < -0.3 is 10.0 Å². The molecule has 20 heavy (non-hydrogen) atoms. The monoisotopic (exact) mass is 278 g/mol. The third-order valence-electron chi connectivity index (χ3n) is 3.26. The highest BCUT2D eigenvalue weighted by molar-refractivity contribution is 5.81. The maximum atomic E-state index is 12.3. The van der Waals surface area contributed by atoms with Crippen molar-refractivity contribution in [2.75, 3.05) is 26.2 Å². The molecule has 1 N–H and O–H groups in total. The largest absolute Gasteiger partial charge is 0.480 e. The zero-order valence-electron chi connectivity index (χ0n) is 12.0. The Balaban J connectivity index is 2.67. The summed E-state index contributed by atoms with van der Waals surface area (Å²) < 4.78 is 0. The van der Waals surface area contributed by atoms with Crippen molar-refractivity contribution in [3.05, 3.63) is 11.8 Å². The lowest BCUT2D eigenvalue weighted by Crippen LogP contribution is -2.42. The number of nitrogens with zero attached hydrogens (tertiary/aromatic N) is 2. The number of hydrogen-bond donors (Lipinski definition) is 1. The maximum Gasteiger partial charge on any atom is 0.317 e. The Bertz CT molecular complexity index is 423. The van der Waals surface area contributed by atoms with E-state index < -0.39 is 5.97 Å². The molecule has 1 amide bonds. The standard InChI is InChI=1S/C15H22N2O3/c1-3-10-16(12-15(19)20)11-14(18)17(4-2)13-8-6-5-7-9-13/h1,8H,4-7,9-12H2,2H3,(H,19,20). The normalized spacial score (nSPS) is 14.6. The quantitative estimate of drug-likeness (QED) is 0.713. The van der Waals surface area contributed by atoms with Crippen LogP contribution in [0.3, 0.4) is 0 Å². The fourth-order valence-electron chi connectivity index (χ4n) is 2.37. The van der Waals surface area contributed by atoms with Crippen LogP contribution in [0.4, 0.5) is 0 Å². The predicted octanol–water partition coefficient (Wildman–Crippen LogP) is 1.31. The van der Waals surface area contributed by atoms with Crippen LogP contribution < -0.4 is 0 Å². The van der Waals surface area contributed by atoms with Crippen molar-refractivity contribution < 1.29 is 14.7 Å². The van der Waals surface area contributed by atoms with E-state index in [1.54, 1.807) is 4.90 Å². The second-order valence-electron chi connectivity index (χ2n) is 4.82. The van der Waals surface area contributed by atoms with Gasteiger partial charge in [0, 0.05) is 12.2 Å². The van der Waals surface area contributed by atoms with Gasteiger partial charge in [-0.25, -0.2) is 0 Å². The van der Waals surface area contributed by atoms with Crippen LogP contribution in [0.1, 0.15) is 32.6 Å². The van der Waals surface area contributed by atoms with Gasteiger partial charge >= 0.3 is 5.97 Å². The first-order chi connectivity index (χ1) is 9.58. The molecule has 0 bridgehead atoms. The molecule has 0 aromatic rings. The number of aliphatic carboxylic acids is 1. The van der Waals surface area contributed by atoms with Crippen LogP contribution in [-0.4, -0.2) is 53.0 Å². The first-order valence-electron chi connectivity index (χ1n) is 6.95. The molecular weight excluding hydrogens is 256 g/mol. The molecule has 1 aliphatic carbocycles. The van der Waals surface area contributed by atoms with Crippen LogP contribution in [0.25, 0.3) is 0 Å². The highest BCUT2D eigenvalue weighted by atomic mass is 16.4. The minimum atomic E-state index is -0.979. The van der Waals surface area contributed by atoms with Gasteiger partial charge in [-0.05, 0) is 32.6 Å². The third kappa shape index (κ3) is 5.06. The number of hydrogen-bond acceptors (Lipinski definition) is 3. The van der Waals surface area contributed by atoms with Crippen LogP contribution in [0, 0.1) is 12.3 Å². The Morgan fingerprint density at radius 3 is 2.65 bits per heavy atom. The SMILES string of the molecule is C#CCN(CC(=O)O)CC(=O)N(CC)C1=CCCCC1. The summed E-state index contributed by atoms with van der Waals surface area (Å²) in [5, 5.41) is 8.82. The minimum Gasteiger partial charge on any atom is -0.480 e. The van der Waals surface area contributed by atoms with E-state index in [-0.39, 0.29) is 25.5 Å². The van der Waals surface area contributed by atoms with Crippen molar-refractivity contribution in [3.63, 3.8) is 0 Å². The molecule has 0 aromatic heterocycles. The van der Waals surface area contributed by atoms with E-state index in [4.69, 9.17) is 11.5 Å². The summed E-state index contributed by atoms with van der Waals surface area (Å²) >= 11 is 0. The summed E-state index contributed by atoms with van der Waals surface area (Å²) in [5.74, 6) is 1.33. The molecule has 0 fully saturated rings. The molecule has 1 aliphatic rings. The van der Waals surface area contributed by atoms with Crippen LogP contribution in [0.2, 0.25) is 0 Å². The number of carboxylic acids is 1. The average Bonchev–Trinajstić information content (AvgIpc) is 2.40. The molecule has 0 spiro atoms. The van der Waals surface area contributed by atoms with Gasteiger partial charge in [-0.2, -0.15) is 0 Å². The molecule has 0 saturated heterocycles. The molecule has 0 aromatic carbocycles. The second-order valence-corrected chi connectivity index (χ2v) is 4.82. The number of carbonyl (C=O) groups is 2. The van der Waals surface area contributed by atoms with Gasteiger partial charge in [0.1, 0.15) is 0 Å². The summed E-state index contributed by atoms with van der Waals surface area (Å²) in [5.41, 5.74) is 1.06. The van der Waals surface area contributed by atoms with Gasteiger partial charge in [-0.3, -0.25) is 14.5 Å². The highest BCUT2D eigenvalue weighted by Gasteiger charge is 2.21. The predicted molar refractivity (Wildman–Crippen MR) is 76.8 cm³/mol. The number of terminal acetylenes is 1. The summed E-state index contributed by atoms with van der Waals surface area (Å²) in [7, 11) is 0. The molecule has 0 aliphatic heterocycles. The molecule has 110 valence electrons. The maximum absolute atomic E-state index is 12.3. The van der Waals surface area contributed by atoms with E-state index in [0.29, 0.717) is 6.54 Å². The van der Waals surface area contributed by atoms with Crippen molar-refractivity contribution in [1.82, 2.24) is 9.80 Å². The number of allylic oxidation sites excluding steroid dienone is 2. The lowest BCUT2D eigenvalue weighted by molar-refractivity contribution is -0.139. The van der Waals surface area contributed by atoms with E-state index in [2.05, 4.69) is 12.0 Å². The van der Waals surface area contributed by atoms with Crippen molar-refractivity contribution in [3.8, 4) is 12.3 Å². The van der Waals surface area contributed by atoms with Gasteiger partial charge in [0.25, 0.3) is 0 Å². The Morgan fingerprint density at radius 1 is 1.40 bits per heavy atom. The van der Waals surface area contributed by atoms with E-state index in [9.17, 15) is 9.59 Å². The number of carboxylic acid groups (broad SMARTS) is 1. The molecule has 5 heteroatoms. The Kier molecular flexibility index (Phi) is 6.82. The molecule has 0 saturated carbocycles. The smallest absolute Gasteiger partial charge is 0.317 e. The van der Waals surface area contributed by atoms with Gasteiger partial charge in [0.2, 0.25) is 5.91 Å². The number of rotatable bonds is 7. The minimum absolute atomic E-state index is 0.0433. The molecule has 0 atom stereocenters. The zero-order chi connectivity index (χ0) is 15.0. The van der Waals surface area contributed by atoms with Crippen LogP contribution >= 0.6 is 0 Å². The van der Waals surface area contributed by atoms with Crippen LogP contribution in [0.5, 0.6) is 0 Å². The van der Waals surface area contributed by atoms with Crippen LogP contribution in [0.15, 0.2) is 11.8 Å². The summed E-state index contributed by atoms with van der Waals surface area (Å²) in [6, 6.07) is 0. The molecule has 0 heterocycles. The van der Waals surface area contributed by atoms with E-state index in [1.807, 2.05) is 6.92 Å². The third-order valence-corrected chi connectivity index (χ3v) is 3.26. The first kappa shape index (κ1) is 16.3. The van der Waals surface area contributed by atoms with Crippen molar-refractivity contribution in [1.29, 1.82) is 0 Å². The Hall–Kier alpha value is -1.80. The number of likely N-dealkylation sites (N-methyl/N-ethyl adjacent to an activating group) is 1. The van der Waals surface area contributed by atoms with E-state index >= 15 is 0 Å². The van der Waals surface area contributed by atoms with E-state index in [0.717, 1.165) is 31.4 Å². The number of carbonyl (C=O) groups excluding carboxylic acids is 1. The van der Waals surface area contributed by atoms with Gasteiger partial charge in [-0.1, -0.05) is 12.0 Å². The van der Waals surface area contributed by atoms with Gasteiger partial charge in [0.05, 0.1) is 19.6 Å². The van der Waals surface area contributed by atoms with Crippen molar-refractivity contribution >= 4 is 11.9 Å². The first-order valence-corrected chi connectivity index (χ1v) is 6.95. The molecule has 1 rings (SSSR count). The number of amides is 1. The van der Waals surface area contributed by atoms with Crippen LogP contribution in [-0.2, 0) is 9.59 Å². The molecule has 5 nitrogen and oxygen atoms in total.